The smallest absolute Gasteiger partial charge is 0.157 e. The molecule has 0 radical (unpaired) electrons. The van der Waals surface area contributed by atoms with Crippen LogP contribution in [0.25, 0.3) is 66.1 Å². The topological polar surface area (TPSA) is 63.9 Å². The first-order valence-corrected chi connectivity index (χ1v) is 17.8. The van der Waals surface area contributed by atoms with Gasteiger partial charge in [0.05, 0.1) is 6.54 Å². The number of benzene rings is 8. The third-order valence-electron chi connectivity index (χ3n) is 9.80. The Morgan fingerprint density at radius 2 is 1.06 bits per heavy atom. The molecule has 4 heteroatoms. The Hall–Kier alpha value is -7.04. The summed E-state index contributed by atoms with van der Waals surface area (Å²) in [6.07, 6.45) is 0. The van der Waals surface area contributed by atoms with E-state index in [1.54, 1.807) is 0 Å². The van der Waals surface area contributed by atoms with Crippen LogP contribution >= 0.6 is 0 Å². The van der Waals surface area contributed by atoms with E-state index in [4.69, 9.17) is 20.1 Å². The van der Waals surface area contributed by atoms with Crippen LogP contribution in [0.2, 0.25) is 0 Å². The van der Waals surface area contributed by atoms with Crippen molar-refractivity contribution in [2.45, 2.75) is 6.54 Å². The van der Waals surface area contributed by atoms with Crippen LogP contribution in [-0.4, -0.2) is 11.7 Å². The minimum Gasteiger partial charge on any atom is -0.456 e. The lowest BCUT2D eigenvalue weighted by molar-refractivity contribution is 0.669. The predicted molar refractivity (Wildman–Crippen MR) is 221 cm³/mol. The summed E-state index contributed by atoms with van der Waals surface area (Å²) in [6.45, 7) is 0.469. The van der Waals surface area contributed by atoms with Gasteiger partial charge in [0, 0.05) is 21.9 Å². The lowest BCUT2D eigenvalue weighted by atomic mass is 9.96. The van der Waals surface area contributed by atoms with E-state index in [1.165, 1.54) is 11.1 Å². The van der Waals surface area contributed by atoms with Gasteiger partial charge in [0.25, 0.3) is 0 Å². The number of amidine groups is 2. The van der Waals surface area contributed by atoms with Gasteiger partial charge < -0.3 is 10.2 Å². The van der Waals surface area contributed by atoms with E-state index >= 15 is 0 Å². The Labute approximate surface area is 308 Å². The van der Waals surface area contributed by atoms with Crippen molar-refractivity contribution in [3.05, 3.63) is 205 Å². The fourth-order valence-corrected chi connectivity index (χ4v) is 7.00. The average Bonchev–Trinajstić information content (AvgIpc) is 3.62. The molecule has 252 valence electrons. The molecule has 0 saturated carbocycles. The minimum atomic E-state index is 0.408. The van der Waals surface area contributed by atoms with Gasteiger partial charge in [-0.25, -0.2) is 4.99 Å². The van der Waals surface area contributed by atoms with E-state index in [2.05, 4.69) is 152 Å². The van der Waals surface area contributed by atoms with Gasteiger partial charge in [-0.3, -0.25) is 4.99 Å². The molecule has 53 heavy (non-hydrogen) atoms. The highest BCUT2D eigenvalue weighted by Gasteiger charge is 2.13. The molecule has 0 fully saturated rings. The van der Waals surface area contributed by atoms with E-state index in [0.29, 0.717) is 18.2 Å². The third kappa shape index (κ3) is 6.50. The van der Waals surface area contributed by atoms with Crippen LogP contribution in [0.1, 0.15) is 16.7 Å². The lowest BCUT2D eigenvalue weighted by Gasteiger charge is -2.10. The summed E-state index contributed by atoms with van der Waals surface area (Å²) < 4.78 is 6.18. The van der Waals surface area contributed by atoms with Crippen molar-refractivity contribution in [1.82, 2.24) is 0 Å². The SMILES string of the molecule is N/C(=N\C(=N/Cc1ccc(-c2ccccc2)cc1)c1ccc(-c2ccccc2)cc1)c1ccc2ccc(-c3cccc4oc5ccccc5c34)cc2c1. The first-order valence-electron chi connectivity index (χ1n) is 17.8. The molecule has 9 rings (SSSR count). The van der Waals surface area contributed by atoms with Gasteiger partial charge >= 0.3 is 0 Å². The standard InChI is InChI=1S/C49H35N3O/c50-48(41-29-25-38-24-28-40(30-42(38)31-41)43-15-9-17-46-47(43)44-14-7-8-16-45(44)53-46)52-49(39-26-22-37(23-27-39)35-12-5-2-6-13-35)51-32-33-18-20-36(21-19-33)34-10-3-1-4-11-34/h1-31H,32H2,(H2,50,51,52). The van der Waals surface area contributed by atoms with Crippen LogP contribution in [0.4, 0.5) is 0 Å². The van der Waals surface area contributed by atoms with E-state index in [-0.39, 0.29) is 0 Å². The molecule has 0 amide bonds. The molecule has 0 atom stereocenters. The number of nitrogens with two attached hydrogens (primary N) is 1. The largest absolute Gasteiger partial charge is 0.456 e. The van der Waals surface area contributed by atoms with Crippen LogP contribution < -0.4 is 5.73 Å². The average molecular weight is 682 g/mol. The maximum Gasteiger partial charge on any atom is 0.157 e. The molecule has 2 N–H and O–H groups in total. The van der Waals surface area contributed by atoms with Gasteiger partial charge in [-0.2, -0.15) is 0 Å². The highest BCUT2D eigenvalue weighted by molar-refractivity contribution is 6.14. The molecule has 8 aromatic carbocycles. The van der Waals surface area contributed by atoms with Crippen molar-refractivity contribution < 1.29 is 4.42 Å². The molecule has 0 aliphatic rings. The summed E-state index contributed by atoms with van der Waals surface area (Å²) in [4.78, 5) is 10.0. The molecule has 0 unspecified atom stereocenters. The minimum absolute atomic E-state index is 0.408. The third-order valence-corrected chi connectivity index (χ3v) is 9.80. The number of rotatable bonds is 7. The van der Waals surface area contributed by atoms with Crippen molar-refractivity contribution in [1.29, 1.82) is 0 Å². The molecular formula is C49H35N3O. The van der Waals surface area contributed by atoms with Crippen LogP contribution in [0, 0.1) is 0 Å². The number of fused-ring (bicyclic) bond motifs is 4. The summed E-state index contributed by atoms with van der Waals surface area (Å²) in [5.74, 6) is 0.993. The number of aliphatic imine (C=N–C) groups is 2. The quantitative estimate of drug-likeness (QED) is 0.134. The van der Waals surface area contributed by atoms with Gasteiger partial charge in [-0.1, -0.05) is 164 Å². The summed E-state index contributed by atoms with van der Waals surface area (Å²) in [5, 5.41) is 4.43. The Morgan fingerprint density at radius 1 is 0.472 bits per heavy atom. The zero-order valence-corrected chi connectivity index (χ0v) is 29.0. The molecule has 0 aliphatic carbocycles. The molecular weight excluding hydrogens is 647 g/mol. The van der Waals surface area contributed by atoms with E-state index < -0.39 is 0 Å². The molecule has 0 bridgehead atoms. The maximum absolute atomic E-state index is 6.83. The number of hydrogen-bond donors (Lipinski definition) is 1. The van der Waals surface area contributed by atoms with E-state index in [1.807, 2.05) is 36.4 Å². The Bertz CT molecular complexity index is 2780. The first-order chi connectivity index (χ1) is 26.2. The summed E-state index contributed by atoms with van der Waals surface area (Å²) >= 11 is 0. The molecule has 1 heterocycles. The van der Waals surface area contributed by atoms with Gasteiger partial charge in [0.1, 0.15) is 17.0 Å². The molecule has 0 aliphatic heterocycles. The monoisotopic (exact) mass is 681 g/mol. The normalized spacial score (nSPS) is 12.2. The van der Waals surface area contributed by atoms with E-state index in [0.717, 1.165) is 71.7 Å². The van der Waals surface area contributed by atoms with Crippen LogP contribution in [0.5, 0.6) is 0 Å². The molecule has 0 spiro atoms. The van der Waals surface area contributed by atoms with Crippen molar-refractivity contribution >= 4 is 44.4 Å². The number of hydrogen-bond acceptors (Lipinski definition) is 2. The zero-order valence-electron chi connectivity index (χ0n) is 29.0. The predicted octanol–water partition coefficient (Wildman–Crippen LogP) is 12.1. The fourth-order valence-electron chi connectivity index (χ4n) is 7.00. The summed E-state index contributed by atoms with van der Waals surface area (Å²) in [6, 6.07) is 64.9. The number of nitrogens with zero attached hydrogens (tertiary/aromatic N) is 2. The Kier molecular flexibility index (Phi) is 8.39. The summed E-state index contributed by atoms with van der Waals surface area (Å²) in [7, 11) is 0. The van der Waals surface area contributed by atoms with Crippen molar-refractivity contribution in [2.24, 2.45) is 15.7 Å². The Morgan fingerprint density at radius 3 is 1.79 bits per heavy atom. The van der Waals surface area contributed by atoms with Crippen LogP contribution in [0.3, 0.4) is 0 Å². The second-order valence-corrected chi connectivity index (χ2v) is 13.2. The molecule has 1 aromatic heterocycles. The van der Waals surface area contributed by atoms with Gasteiger partial charge in [0.2, 0.25) is 0 Å². The molecule has 9 aromatic rings. The number of furan rings is 1. The summed E-state index contributed by atoms with van der Waals surface area (Å²) in [5.41, 5.74) is 18.3. The van der Waals surface area contributed by atoms with E-state index in [9.17, 15) is 0 Å². The van der Waals surface area contributed by atoms with Gasteiger partial charge in [-0.15, -0.1) is 0 Å². The first kappa shape index (κ1) is 31.9. The van der Waals surface area contributed by atoms with Crippen molar-refractivity contribution in [2.75, 3.05) is 0 Å². The van der Waals surface area contributed by atoms with Gasteiger partial charge in [-0.05, 0) is 74.0 Å². The van der Waals surface area contributed by atoms with Crippen molar-refractivity contribution in [3.63, 3.8) is 0 Å². The second-order valence-electron chi connectivity index (χ2n) is 13.2. The highest BCUT2D eigenvalue weighted by Crippen LogP contribution is 2.37. The molecule has 4 nitrogen and oxygen atoms in total. The highest BCUT2D eigenvalue weighted by atomic mass is 16.3. The van der Waals surface area contributed by atoms with Crippen molar-refractivity contribution in [3.8, 4) is 33.4 Å². The fraction of sp³-hybridized carbons (Fsp3) is 0.0204. The lowest BCUT2D eigenvalue weighted by Crippen LogP contribution is -2.16. The molecule has 0 saturated heterocycles. The van der Waals surface area contributed by atoms with Crippen LogP contribution in [-0.2, 0) is 6.54 Å². The van der Waals surface area contributed by atoms with Gasteiger partial charge in [0.15, 0.2) is 5.84 Å². The zero-order chi connectivity index (χ0) is 35.6. The number of para-hydroxylation sites is 1. The van der Waals surface area contributed by atoms with Crippen LogP contribution in [0.15, 0.2) is 202 Å². The second kappa shape index (κ2) is 13.9. The Balaban J connectivity index is 1.07. The maximum atomic E-state index is 6.83.